The van der Waals surface area contributed by atoms with Crippen molar-refractivity contribution in [1.29, 1.82) is 0 Å². The molecule has 0 aliphatic rings. The Morgan fingerprint density at radius 1 is 1.30 bits per heavy atom. The number of hydrogen-bond acceptors (Lipinski definition) is 5. The third-order valence-electron chi connectivity index (χ3n) is 2.60. The second-order valence-corrected chi connectivity index (χ2v) is 6.30. The largest absolute Gasteiger partial charge is 0.480 e. The Kier molecular flexibility index (Phi) is 5.23. The molecule has 0 aromatic heterocycles. The van der Waals surface area contributed by atoms with Crippen LogP contribution in [-0.4, -0.2) is 44.2 Å². The topological polar surface area (TPSA) is 127 Å². The lowest BCUT2D eigenvalue weighted by Gasteiger charge is -2.08. The molecule has 1 aromatic rings. The Bertz CT molecular complexity index is 595. The molecule has 1 unspecified atom stereocenters. The standard InChI is InChI=1S/C12H16N2O5S/c1-20(18,19)9-4-2-8(3-5-9)11(15)14-7-6-10(13)12(16)17/h2-5,10H,6-7,13H2,1H3,(H,14,15)(H,16,17). The summed E-state index contributed by atoms with van der Waals surface area (Å²) in [4.78, 5) is 22.3. The van der Waals surface area contributed by atoms with Crippen molar-refractivity contribution >= 4 is 21.7 Å². The summed E-state index contributed by atoms with van der Waals surface area (Å²) in [5.41, 5.74) is 5.58. The highest BCUT2D eigenvalue weighted by molar-refractivity contribution is 7.90. The number of amides is 1. The second kappa shape index (κ2) is 6.49. The Balaban J connectivity index is 2.59. The van der Waals surface area contributed by atoms with Crippen LogP contribution in [0, 0.1) is 0 Å². The Labute approximate surface area is 116 Å². The van der Waals surface area contributed by atoms with Gasteiger partial charge in [-0.2, -0.15) is 0 Å². The second-order valence-electron chi connectivity index (χ2n) is 4.29. The van der Waals surface area contributed by atoms with Crippen LogP contribution < -0.4 is 11.1 Å². The Hall–Kier alpha value is -1.93. The van der Waals surface area contributed by atoms with E-state index < -0.39 is 27.8 Å². The van der Waals surface area contributed by atoms with E-state index in [0.29, 0.717) is 5.56 Å². The van der Waals surface area contributed by atoms with E-state index in [2.05, 4.69) is 5.32 Å². The maximum absolute atomic E-state index is 11.7. The normalized spacial score (nSPS) is 12.7. The number of aliphatic carboxylic acids is 1. The minimum atomic E-state index is -3.30. The predicted octanol–water partition coefficient (Wildman–Crippen LogP) is -0.378. The molecule has 8 heteroatoms. The molecule has 4 N–H and O–H groups in total. The third kappa shape index (κ3) is 4.63. The average molecular weight is 300 g/mol. The highest BCUT2D eigenvalue weighted by Crippen LogP contribution is 2.10. The van der Waals surface area contributed by atoms with Gasteiger partial charge in [-0.3, -0.25) is 9.59 Å². The van der Waals surface area contributed by atoms with Crippen molar-refractivity contribution < 1.29 is 23.1 Å². The molecule has 7 nitrogen and oxygen atoms in total. The molecule has 0 spiro atoms. The molecular weight excluding hydrogens is 284 g/mol. The van der Waals surface area contributed by atoms with Gasteiger partial charge in [-0.15, -0.1) is 0 Å². The summed E-state index contributed by atoms with van der Waals surface area (Å²) >= 11 is 0. The van der Waals surface area contributed by atoms with Crippen molar-refractivity contribution in [1.82, 2.24) is 5.32 Å². The molecular formula is C12H16N2O5S. The van der Waals surface area contributed by atoms with Gasteiger partial charge in [-0.1, -0.05) is 0 Å². The lowest BCUT2D eigenvalue weighted by molar-refractivity contribution is -0.138. The van der Waals surface area contributed by atoms with E-state index in [-0.39, 0.29) is 17.9 Å². The molecule has 0 heterocycles. The number of benzene rings is 1. The molecule has 1 rings (SSSR count). The zero-order valence-corrected chi connectivity index (χ0v) is 11.7. The highest BCUT2D eigenvalue weighted by Gasteiger charge is 2.13. The van der Waals surface area contributed by atoms with E-state index in [9.17, 15) is 18.0 Å². The molecule has 20 heavy (non-hydrogen) atoms. The fraction of sp³-hybridized carbons (Fsp3) is 0.333. The lowest BCUT2D eigenvalue weighted by atomic mass is 10.2. The Morgan fingerprint density at radius 2 is 1.85 bits per heavy atom. The van der Waals surface area contributed by atoms with Crippen LogP contribution in [0.4, 0.5) is 0 Å². The summed E-state index contributed by atoms with van der Waals surface area (Å²) in [6, 6.07) is 4.44. The monoisotopic (exact) mass is 300 g/mol. The minimum Gasteiger partial charge on any atom is -0.480 e. The van der Waals surface area contributed by atoms with Crippen molar-refractivity contribution in [2.45, 2.75) is 17.4 Å². The maximum Gasteiger partial charge on any atom is 0.320 e. The van der Waals surface area contributed by atoms with Gasteiger partial charge in [0.1, 0.15) is 6.04 Å². The van der Waals surface area contributed by atoms with Gasteiger partial charge < -0.3 is 16.2 Å². The first-order valence-electron chi connectivity index (χ1n) is 5.78. The van der Waals surface area contributed by atoms with Crippen LogP contribution in [0.5, 0.6) is 0 Å². The van der Waals surface area contributed by atoms with E-state index in [1.807, 2.05) is 0 Å². The summed E-state index contributed by atoms with van der Waals surface area (Å²) in [7, 11) is -3.30. The first kappa shape index (κ1) is 16.1. The number of nitrogens with one attached hydrogen (secondary N) is 1. The van der Waals surface area contributed by atoms with Crippen LogP contribution in [0.15, 0.2) is 29.2 Å². The van der Waals surface area contributed by atoms with E-state index in [1.54, 1.807) is 0 Å². The van der Waals surface area contributed by atoms with Gasteiger partial charge in [0.25, 0.3) is 5.91 Å². The summed E-state index contributed by atoms with van der Waals surface area (Å²) in [6.45, 7) is 0.125. The van der Waals surface area contributed by atoms with E-state index in [4.69, 9.17) is 10.8 Å². The number of carboxylic acids is 1. The van der Waals surface area contributed by atoms with E-state index >= 15 is 0 Å². The SMILES string of the molecule is CS(=O)(=O)c1ccc(C(=O)NCCC(N)C(=O)O)cc1. The molecule has 0 fully saturated rings. The van der Waals surface area contributed by atoms with Crippen molar-refractivity contribution in [3.63, 3.8) is 0 Å². The van der Waals surface area contributed by atoms with Gasteiger partial charge >= 0.3 is 5.97 Å². The summed E-state index contributed by atoms with van der Waals surface area (Å²) in [6.07, 6.45) is 1.19. The molecule has 1 aromatic carbocycles. The van der Waals surface area contributed by atoms with Gasteiger partial charge in [-0.25, -0.2) is 8.42 Å². The first-order chi connectivity index (χ1) is 9.21. The smallest absolute Gasteiger partial charge is 0.320 e. The van der Waals surface area contributed by atoms with Gasteiger partial charge in [0.15, 0.2) is 9.84 Å². The highest BCUT2D eigenvalue weighted by atomic mass is 32.2. The fourth-order valence-corrected chi connectivity index (χ4v) is 2.05. The summed E-state index contributed by atoms with van der Waals surface area (Å²) in [5, 5.41) is 11.1. The summed E-state index contributed by atoms with van der Waals surface area (Å²) < 4.78 is 22.5. The number of carbonyl (C=O) groups excluding carboxylic acids is 1. The van der Waals surface area contributed by atoms with Crippen LogP contribution in [0.1, 0.15) is 16.8 Å². The maximum atomic E-state index is 11.7. The lowest BCUT2D eigenvalue weighted by Crippen LogP contribution is -2.35. The van der Waals surface area contributed by atoms with Crippen LogP contribution in [0.3, 0.4) is 0 Å². The van der Waals surface area contributed by atoms with Gasteiger partial charge in [0, 0.05) is 18.4 Å². The molecule has 0 saturated carbocycles. The average Bonchev–Trinajstić information content (AvgIpc) is 2.37. The van der Waals surface area contributed by atoms with E-state index in [0.717, 1.165) is 6.26 Å². The van der Waals surface area contributed by atoms with Crippen molar-refractivity contribution in [3.8, 4) is 0 Å². The molecule has 0 aliphatic carbocycles. The summed E-state index contributed by atoms with van der Waals surface area (Å²) in [5.74, 6) is -1.54. The zero-order valence-electron chi connectivity index (χ0n) is 10.9. The number of sulfone groups is 1. The van der Waals surface area contributed by atoms with Crippen molar-refractivity contribution in [2.75, 3.05) is 12.8 Å². The molecule has 0 radical (unpaired) electrons. The van der Waals surface area contributed by atoms with Gasteiger partial charge in [-0.05, 0) is 30.7 Å². The molecule has 0 aliphatic heterocycles. The minimum absolute atomic E-state index is 0.114. The first-order valence-corrected chi connectivity index (χ1v) is 7.67. The van der Waals surface area contributed by atoms with Crippen LogP contribution in [0.25, 0.3) is 0 Å². The molecule has 110 valence electrons. The van der Waals surface area contributed by atoms with Gasteiger partial charge in [0.05, 0.1) is 4.90 Å². The number of carboxylic acid groups (broad SMARTS) is 1. The molecule has 0 saturated heterocycles. The van der Waals surface area contributed by atoms with Crippen LogP contribution in [-0.2, 0) is 14.6 Å². The van der Waals surface area contributed by atoms with Crippen molar-refractivity contribution in [2.24, 2.45) is 5.73 Å². The molecule has 1 amide bonds. The van der Waals surface area contributed by atoms with Crippen LogP contribution in [0.2, 0.25) is 0 Å². The van der Waals surface area contributed by atoms with E-state index in [1.165, 1.54) is 24.3 Å². The van der Waals surface area contributed by atoms with Crippen LogP contribution >= 0.6 is 0 Å². The molecule has 1 atom stereocenters. The number of hydrogen-bond donors (Lipinski definition) is 3. The quantitative estimate of drug-likeness (QED) is 0.657. The van der Waals surface area contributed by atoms with Gasteiger partial charge in [0.2, 0.25) is 0 Å². The Morgan fingerprint density at radius 3 is 2.30 bits per heavy atom. The predicted molar refractivity (Wildman–Crippen MR) is 72.1 cm³/mol. The number of rotatable bonds is 6. The molecule has 0 bridgehead atoms. The van der Waals surface area contributed by atoms with Crippen molar-refractivity contribution in [3.05, 3.63) is 29.8 Å². The third-order valence-corrected chi connectivity index (χ3v) is 3.73. The zero-order chi connectivity index (χ0) is 15.3. The number of nitrogens with two attached hydrogens (primary N) is 1. The fourth-order valence-electron chi connectivity index (χ4n) is 1.42. The number of carbonyl (C=O) groups is 2.